The highest BCUT2D eigenvalue weighted by Gasteiger charge is 2.43. The average Bonchev–Trinajstić information content (AvgIpc) is 3.20. The molecule has 8 heteroatoms. The monoisotopic (exact) mass is 547 g/mol. The maximum atomic E-state index is 13.9. The number of fused-ring (bicyclic) bond motifs is 2. The van der Waals surface area contributed by atoms with Crippen LogP contribution in [0, 0.1) is 12.8 Å². The Hall–Kier alpha value is -3.97. The molecule has 0 aliphatic carbocycles. The zero-order chi connectivity index (χ0) is 27.8. The van der Waals surface area contributed by atoms with Crippen molar-refractivity contribution < 1.29 is 23.4 Å². The van der Waals surface area contributed by atoms with Crippen molar-refractivity contribution in [3.8, 4) is 17.2 Å². The molecule has 1 aliphatic heterocycles. The van der Waals surface area contributed by atoms with Crippen molar-refractivity contribution in [2.45, 2.75) is 33.4 Å². The Morgan fingerprint density at radius 3 is 2.38 bits per heavy atom. The zero-order valence-electron chi connectivity index (χ0n) is 22.5. The van der Waals surface area contributed by atoms with Gasteiger partial charge in [-0.25, -0.2) is 0 Å². The van der Waals surface area contributed by atoms with Gasteiger partial charge in [0.05, 0.1) is 37.8 Å². The molecule has 0 fully saturated rings. The lowest BCUT2D eigenvalue weighted by Crippen LogP contribution is -2.29. The van der Waals surface area contributed by atoms with Crippen LogP contribution in [0.25, 0.3) is 11.0 Å². The fraction of sp³-hybridized carbons (Fsp3) is 0.290. The van der Waals surface area contributed by atoms with Gasteiger partial charge in [-0.15, -0.1) is 0 Å². The topological polar surface area (TPSA) is 78.2 Å². The molecule has 7 nitrogen and oxygen atoms in total. The maximum absolute atomic E-state index is 13.9. The summed E-state index contributed by atoms with van der Waals surface area (Å²) in [7, 11) is 3.17. The number of amides is 1. The van der Waals surface area contributed by atoms with E-state index >= 15 is 0 Å². The summed E-state index contributed by atoms with van der Waals surface area (Å²) in [6, 6.07) is 15.5. The summed E-state index contributed by atoms with van der Waals surface area (Å²) >= 11 is 6.36. The smallest absolute Gasteiger partial charge is 0.291 e. The molecule has 4 aromatic rings. The van der Waals surface area contributed by atoms with Gasteiger partial charge in [0.25, 0.3) is 5.91 Å². The van der Waals surface area contributed by atoms with Crippen LogP contribution in [0.4, 0.5) is 0 Å². The summed E-state index contributed by atoms with van der Waals surface area (Å²) in [6.45, 7) is 6.73. The van der Waals surface area contributed by atoms with E-state index in [1.807, 2.05) is 49.4 Å². The molecule has 0 radical (unpaired) electrons. The molecule has 1 aliphatic rings. The molecular formula is C31H30ClNO6. The highest BCUT2D eigenvalue weighted by molar-refractivity contribution is 6.32. The van der Waals surface area contributed by atoms with Crippen molar-refractivity contribution in [1.29, 1.82) is 0 Å². The molecule has 2 heterocycles. The molecule has 202 valence electrons. The first kappa shape index (κ1) is 26.6. The molecule has 39 heavy (non-hydrogen) atoms. The van der Waals surface area contributed by atoms with Crippen molar-refractivity contribution in [3.63, 3.8) is 0 Å². The van der Waals surface area contributed by atoms with E-state index in [0.717, 1.165) is 11.1 Å². The van der Waals surface area contributed by atoms with Crippen molar-refractivity contribution in [2.75, 3.05) is 20.8 Å². The lowest BCUT2D eigenvalue weighted by Gasteiger charge is -2.26. The van der Waals surface area contributed by atoms with Crippen LogP contribution in [-0.4, -0.2) is 31.6 Å². The molecule has 5 rings (SSSR count). The molecule has 1 atom stereocenters. The third-order valence-electron chi connectivity index (χ3n) is 6.83. The minimum Gasteiger partial charge on any atom is -0.497 e. The Bertz CT molecular complexity index is 1610. The second-order valence-corrected chi connectivity index (χ2v) is 10.5. The maximum Gasteiger partial charge on any atom is 0.291 e. The van der Waals surface area contributed by atoms with E-state index in [4.69, 9.17) is 30.2 Å². The van der Waals surface area contributed by atoms with E-state index in [-0.39, 0.29) is 29.2 Å². The molecule has 1 amide bonds. The number of carbonyl (C=O) groups excluding carboxylic acids is 1. The minimum absolute atomic E-state index is 0.0341. The predicted molar refractivity (Wildman–Crippen MR) is 150 cm³/mol. The zero-order valence-corrected chi connectivity index (χ0v) is 23.3. The van der Waals surface area contributed by atoms with Gasteiger partial charge in [-0.05, 0) is 65.9 Å². The predicted octanol–water partition coefficient (Wildman–Crippen LogP) is 6.55. The molecule has 0 saturated carbocycles. The SMILES string of the molecule is COc1ccc(CN2C(=O)c3oc4cc(C)c(Cl)cc4c(=O)c3C2c2ccc(OCC(C)C)c(OC)c2)cc1. The van der Waals surface area contributed by atoms with E-state index in [2.05, 4.69) is 13.8 Å². The normalized spacial score (nSPS) is 14.7. The number of ether oxygens (including phenoxy) is 3. The number of aryl methyl sites for hydroxylation is 1. The van der Waals surface area contributed by atoms with Gasteiger partial charge in [0.1, 0.15) is 11.3 Å². The first-order valence-corrected chi connectivity index (χ1v) is 13.1. The standard InChI is InChI=1S/C31H30ClNO6/c1-17(2)16-38-24-11-8-20(13-26(24)37-5)28-27-29(34)22-14-23(32)18(3)12-25(22)39-30(27)31(35)33(28)15-19-6-9-21(36-4)10-7-19/h6-14,17,28H,15-16H2,1-5H3. The Morgan fingerprint density at radius 2 is 1.72 bits per heavy atom. The number of halogens is 1. The van der Waals surface area contributed by atoms with Crippen LogP contribution in [0.5, 0.6) is 17.2 Å². The number of rotatable bonds is 8. The van der Waals surface area contributed by atoms with Gasteiger partial charge in [0.2, 0.25) is 5.76 Å². The summed E-state index contributed by atoms with van der Waals surface area (Å²) in [5.74, 6) is 1.82. The van der Waals surface area contributed by atoms with Gasteiger partial charge in [0, 0.05) is 11.6 Å². The number of benzene rings is 3. The highest BCUT2D eigenvalue weighted by Crippen LogP contribution is 2.42. The Kier molecular flexibility index (Phi) is 7.28. The van der Waals surface area contributed by atoms with Crippen molar-refractivity contribution in [2.24, 2.45) is 5.92 Å². The molecule has 0 N–H and O–H groups in total. The Labute approximate surface area is 231 Å². The first-order chi connectivity index (χ1) is 18.7. The van der Waals surface area contributed by atoms with E-state index in [9.17, 15) is 9.59 Å². The molecule has 1 unspecified atom stereocenters. The second kappa shape index (κ2) is 10.7. The lowest BCUT2D eigenvalue weighted by atomic mass is 9.97. The van der Waals surface area contributed by atoms with E-state index < -0.39 is 6.04 Å². The van der Waals surface area contributed by atoms with Crippen LogP contribution >= 0.6 is 11.6 Å². The third kappa shape index (κ3) is 4.94. The summed E-state index contributed by atoms with van der Waals surface area (Å²) in [4.78, 5) is 29.4. The molecule has 3 aromatic carbocycles. The van der Waals surface area contributed by atoms with Crippen molar-refractivity contribution >= 4 is 28.5 Å². The fourth-order valence-corrected chi connectivity index (χ4v) is 4.97. The average molecular weight is 548 g/mol. The summed E-state index contributed by atoms with van der Waals surface area (Å²) in [6.07, 6.45) is 0. The van der Waals surface area contributed by atoms with Gasteiger partial charge in [-0.3, -0.25) is 9.59 Å². The van der Waals surface area contributed by atoms with E-state index in [1.54, 1.807) is 31.3 Å². The number of hydrogen-bond acceptors (Lipinski definition) is 6. The van der Waals surface area contributed by atoms with Crippen molar-refractivity contribution in [3.05, 3.63) is 97.9 Å². The largest absolute Gasteiger partial charge is 0.497 e. The third-order valence-corrected chi connectivity index (χ3v) is 7.24. The van der Waals surface area contributed by atoms with Crippen LogP contribution in [0.2, 0.25) is 5.02 Å². The molecule has 0 bridgehead atoms. The molecular weight excluding hydrogens is 518 g/mol. The summed E-state index contributed by atoms with van der Waals surface area (Å²) in [5, 5.41) is 0.788. The lowest BCUT2D eigenvalue weighted by molar-refractivity contribution is 0.0714. The van der Waals surface area contributed by atoms with Gasteiger partial charge in [-0.2, -0.15) is 0 Å². The number of hydrogen-bond donors (Lipinski definition) is 0. The van der Waals surface area contributed by atoms with Crippen LogP contribution in [0.1, 0.15) is 52.7 Å². The van der Waals surface area contributed by atoms with Gasteiger partial charge < -0.3 is 23.5 Å². The van der Waals surface area contributed by atoms with Crippen LogP contribution in [-0.2, 0) is 6.54 Å². The quantitative estimate of drug-likeness (QED) is 0.249. The van der Waals surface area contributed by atoms with Crippen LogP contribution < -0.4 is 19.6 Å². The van der Waals surface area contributed by atoms with Gasteiger partial charge in [0.15, 0.2) is 16.9 Å². The highest BCUT2D eigenvalue weighted by atomic mass is 35.5. The number of carbonyl (C=O) groups is 1. The van der Waals surface area contributed by atoms with Gasteiger partial charge in [-0.1, -0.05) is 43.6 Å². The van der Waals surface area contributed by atoms with E-state index in [0.29, 0.717) is 51.3 Å². The Balaban J connectivity index is 1.67. The van der Waals surface area contributed by atoms with Crippen LogP contribution in [0.15, 0.2) is 63.8 Å². The van der Waals surface area contributed by atoms with Gasteiger partial charge >= 0.3 is 0 Å². The van der Waals surface area contributed by atoms with Crippen molar-refractivity contribution in [1.82, 2.24) is 4.90 Å². The summed E-state index contributed by atoms with van der Waals surface area (Å²) < 4.78 is 23.0. The number of nitrogens with zero attached hydrogens (tertiary/aromatic N) is 1. The minimum atomic E-state index is -0.705. The first-order valence-electron chi connectivity index (χ1n) is 12.7. The molecule has 0 spiro atoms. The van der Waals surface area contributed by atoms with Crippen LogP contribution in [0.3, 0.4) is 0 Å². The summed E-state index contributed by atoms with van der Waals surface area (Å²) in [5.41, 5.74) is 2.65. The second-order valence-electron chi connectivity index (χ2n) is 10.1. The fourth-order valence-electron chi connectivity index (χ4n) is 4.81. The number of methoxy groups -OCH3 is 2. The van der Waals surface area contributed by atoms with E-state index in [1.165, 1.54) is 0 Å². The molecule has 1 aromatic heterocycles. The molecule has 0 saturated heterocycles. The Morgan fingerprint density at radius 1 is 0.974 bits per heavy atom.